The third kappa shape index (κ3) is 4.00. The third-order valence-electron chi connectivity index (χ3n) is 2.85. The summed E-state index contributed by atoms with van der Waals surface area (Å²) in [6, 6.07) is 3.35. The second-order valence-corrected chi connectivity index (χ2v) is 7.13. The summed E-state index contributed by atoms with van der Waals surface area (Å²) in [6.07, 6.45) is 1.81. The molecule has 0 spiro atoms. The highest BCUT2D eigenvalue weighted by atomic mass is 79.9. The van der Waals surface area contributed by atoms with E-state index < -0.39 is 15.8 Å². The SMILES string of the molecule is O=C(NCCNS(=O)(=O)c1ccc(F)cc1Br)C1CC1. The molecule has 1 aromatic rings. The van der Waals surface area contributed by atoms with Crippen LogP contribution >= 0.6 is 15.9 Å². The van der Waals surface area contributed by atoms with Gasteiger partial charge in [-0.2, -0.15) is 0 Å². The predicted octanol–water partition coefficient (Wildman–Crippen LogP) is 1.39. The van der Waals surface area contributed by atoms with E-state index in [2.05, 4.69) is 26.0 Å². The summed E-state index contributed by atoms with van der Waals surface area (Å²) < 4.78 is 39.4. The van der Waals surface area contributed by atoms with Gasteiger partial charge in [-0.1, -0.05) is 0 Å². The fourth-order valence-corrected chi connectivity index (χ4v) is 3.71. The van der Waals surface area contributed by atoms with Crippen LogP contribution in [0.4, 0.5) is 4.39 Å². The van der Waals surface area contributed by atoms with Crippen LogP contribution in [0.5, 0.6) is 0 Å². The van der Waals surface area contributed by atoms with E-state index in [0.29, 0.717) is 0 Å². The number of hydrogen-bond acceptors (Lipinski definition) is 3. The minimum Gasteiger partial charge on any atom is -0.355 e. The number of hydrogen-bond donors (Lipinski definition) is 2. The molecule has 20 heavy (non-hydrogen) atoms. The zero-order valence-electron chi connectivity index (χ0n) is 10.5. The molecule has 0 unspecified atom stereocenters. The normalized spacial score (nSPS) is 15.1. The Labute approximate surface area is 125 Å². The molecule has 1 fully saturated rings. The van der Waals surface area contributed by atoms with Crippen LogP contribution in [-0.2, 0) is 14.8 Å². The van der Waals surface area contributed by atoms with Crippen molar-refractivity contribution in [3.05, 3.63) is 28.5 Å². The highest BCUT2D eigenvalue weighted by Gasteiger charge is 2.29. The molecule has 2 rings (SSSR count). The monoisotopic (exact) mass is 364 g/mol. The van der Waals surface area contributed by atoms with Crippen molar-refractivity contribution in [2.75, 3.05) is 13.1 Å². The van der Waals surface area contributed by atoms with E-state index in [9.17, 15) is 17.6 Å². The van der Waals surface area contributed by atoms with Crippen molar-refractivity contribution in [3.8, 4) is 0 Å². The van der Waals surface area contributed by atoms with Gasteiger partial charge in [0.05, 0.1) is 4.90 Å². The molecule has 0 saturated heterocycles. The fourth-order valence-electron chi connectivity index (χ4n) is 1.63. The Balaban J connectivity index is 1.88. The highest BCUT2D eigenvalue weighted by molar-refractivity contribution is 9.10. The first-order valence-electron chi connectivity index (χ1n) is 6.12. The maximum absolute atomic E-state index is 12.9. The molecule has 110 valence electrons. The van der Waals surface area contributed by atoms with E-state index in [1.807, 2.05) is 0 Å². The lowest BCUT2D eigenvalue weighted by Crippen LogP contribution is -2.35. The van der Waals surface area contributed by atoms with Gasteiger partial charge < -0.3 is 5.32 Å². The van der Waals surface area contributed by atoms with Gasteiger partial charge in [-0.05, 0) is 47.0 Å². The summed E-state index contributed by atoms with van der Waals surface area (Å²) in [5, 5.41) is 2.65. The molecule has 0 atom stereocenters. The Morgan fingerprint density at radius 1 is 1.35 bits per heavy atom. The summed E-state index contributed by atoms with van der Waals surface area (Å²) in [5.74, 6) is -0.461. The highest BCUT2D eigenvalue weighted by Crippen LogP contribution is 2.28. The number of benzene rings is 1. The zero-order chi connectivity index (χ0) is 14.8. The Kier molecular flexibility index (Phi) is 4.77. The standard InChI is InChI=1S/C12H14BrFN2O3S/c13-10-7-9(14)3-4-11(10)20(18,19)16-6-5-15-12(17)8-1-2-8/h3-4,7-8,16H,1-2,5-6H2,(H,15,17). The molecule has 1 aromatic carbocycles. The first-order valence-corrected chi connectivity index (χ1v) is 8.40. The average Bonchev–Trinajstić information content (AvgIpc) is 3.18. The summed E-state index contributed by atoms with van der Waals surface area (Å²) >= 11 is 3.01. The number of rotatable bonds is 6. The van der Waals surface area contributed by atoms with Crippen molar-refractivity contribution < 1.29 is 17.6 Å². The average molecular weight is 365 g/mol. The molecule has 0 radical (unpaired) electrons. The number of carbonyl (C=O) groups is 1. The van der Waals surface area contributed by atoms with Crippen LogP contribution in [0.1, 0.15) is 12.8 Å². The van der Waals surface area contributed by atoms with Crippen molar-refractivity contribution in [3.63, 3.8) is 0 Å². The largest absolute Gasteiger partial charge is 0.355 e. The summed E-state index contributed by atoms with van der Waals surface area (Å²) in [5.41, 5.74) is 0. The van der Waals surface area contributed by atoms with E-state index >= 15 is 0 Å². The number of halogens is 2. The molecule has 8 heteroatoms. The molecule has 5 nitrogen and oxygen atoms in total. The van der Waals surface area contributed by atoms with Gasteiger partial charge in [-0.15, -0.1) is 0 Å². The molecule has 1 aliphatic rings. The van der Waals surface area contributed by atoms with Crippen LogP contribution in [0.25, 0.3) is 0 Å². The van der Waals surface area contributed by atoms with Gasteiger partial charge >= 0.3 is 0 Å². The van der Waals surface area contributed by atoms with Crippen LogP contribution < -0.4 is 10.0 Å². The Hall–Kier alpha value is -0.990. The zero-order valence-corrected chi connectivity index (χ0v) is 12.9. The first kappa shape index (κ1) is 15.4. The molecule has 2 N–H and O–H groups in total. The number of carbonyl (C=O) groups excluding carboxylic acids is 1. The summed E-state index contributed by atoms with van der Waals surface area (Å²) in [4.78, 5) is 11.3. The summed E-state index contributed by atoms with van der Waals surface area (Å²) in [6.45, 7) is 0.317. The van der Waals surface area contributed by atoms with E-state index in [1.54, 1.807) is 0 Å². The first-order chi connectivity index (χ1) is 9.40. The minimum absolute atomic E-state index is 0.0348. The lowest BCUT2D eigenvalue weighted by Gasteiger charge is -2.09. The maximum Gasteiger partial charge on any atom is 0.241 e. The van der Waals surface area contributed by atoms with Gasteiger partial charge in [0.2, 0.25) is 15.9 Å². The Morgan fingerprint density at radius 3 is 2.65 bits per heavy atom. The molecule has 0 heterocycles. The second kappa shape index (κ2) is 6.19. The molecule has 1 aliphatic carbocycles. The quantitative estimate of drug-likeness (QED) is 0.749. The molecule has 0 aromatic heterocycles. The molecular weight excluding hydrogens is 351 g/mol. The predicted molar refractivity (Wildman–Crippen MR) is 75.0 cm³/mol. The third-order valence-corrected chi connectivity index (χ3v) is 5.29. The second-order valence-electron chi connectivity index (χ2n) is 4.54. The van der Waals surface area contributed by atoms with Gasteiger partial charge in [0.25, 0.3) is 0 Å². The van der Waals surface area contributed by atoms with E-state index in [4.69, 9.17) is 0 Å². The topological polar surface area (TPSA) is 75.3 Å². The molecule has 0 aliphatic heterocycles. The number of amides is 1. The lowest BCUT2D eigenvalue weighted by atomic mass is 10.3. The number of sulfonamides is 1. The van der Waals surface area contributed by atoms with Crippen LogP contribution in [0.3, 0.4) is 0 Å². The molecule has 0 bridgehead atoms. The van der Waals surface area contributed by atoms with Crippen molar-refractivity contribution in [2.45, 2.75) is 17.7 Å². The summed E-state index contributed by atoms with van der Waals surface area (Å²) in [7, 11) is -3.73. The fraction of sp³-hybridized carbons (Fsp3) is 0.417. The molecule has 1 amide bonds. The van der Waals surface area contributed by atoms with Crippen LogP contribution in [0.15, 0.2) is 27.6 Å². The lowest BCUT2D eigenvalue weighted by molar-refractivity contribution is -0.122. The maximum atomic E-state index is 12.9. The Morgan fingerprint density at radius 2 is 2.05 bits per heavy atom. The van der Waals surface area contributed by atoms with Crippen LogP contribution in [-0.4, -0.2) is 27.4 Å². The van der Waals surface area contributed by atoms with Crippen LogP contribution in [0.2, 0.25) is 0 Å². The number of nitrogens with one attached hydrogen (secondary N) is 2. The van der Waals surface area contributed by atoms with E-state index in [0.717, 1.165) is 25.0 Å². The van der Waals surface area contributed by atoms with Crippen molar-refractivity contribution in [1.82, 2.24) is 10.0 Å². The van der Waals surface area contributed by atoms with Gasteiger partial charge in [-0.3, -0.25) is 4.79 Å². The van der Waals surface area contributed by atoms with Crippen LogP contribution in [0, 0.1) is 11.7 Å². The van der Waals surface area contributed by atoms with Gasteiger partial charge in [-0.25, -0.2) is 17.5 Å². The van der Waals surface area contributed by atoms with Gasteiger partial charge in [0, 0.05) is 23.5 Å². The van der Waals surface area contributed by atoms with Crippen molar-refractivity contribution in [2.24, 2.45) is 5.92 Å². The Bertz CT molecular complexity index is 617. The minimum atomic E-state index is -3.73. The van der Waals surface area contributed by atoms with Crippen molar-refractivity contribution >= 4 is 31.9 Å². The van der Waals surface area contributed by atoms with Crippen molar-refractivity contribution in [1.29, 1.82) is 0 Å². The molecular formula is C12H14BrFN2O3S. The van der Waals surface area contributed by atoms with E-state index in [1.165, 1.54) is 6.07 Å². The smallest absolute Gasteiger partial charge is 0.241 e. The van der Waals surface area contributed by atoms with Gasteiger partial charge in [0.15, 0.2) is 0 Å². The molecule has 1 saturated carbocycles. The van der Waals surface area contributed by atoms with E-state index in [-0.39, 0.29) is 34.3 Å². The van der Waals surface area contributed by atoms with Gasteiger partial charge in [0.1, 0.15) is 5.82 Å².